The Bertz CT molecular complexity index is 907. The van der Waals surface area contributed by atoms with Gasteiger partial charge in [-0.15, -0.1) is 0 Å². The van der Waals surface area contributed by atoms with E-state index in [0.29, 0.717) is 15.1 Å². The summed E-state index contributed by atoms with van der Waals surface area (Å²) in [4.78, 5) is 4.30. The van der Waals surface area contributed by atoms with Crippen molar-refractivity contribution in [1.29, 1.82) is 0 Å². The van der Waals surface area contributed by atoms with Crippen LogP contribution in [0.25, 0.3) is 10.9 Å². The van der Waals surface area contributed by atoms with Crippen LogP contribution in [0.15, 0.2) is 53.8 Å². The summed E-state index contributed by atoms with van der Waals surface area (Å²) >= 11 is 18.2. The van der Waals surface area contributed by atoms with Gasteiger partial charge >= 0.3 is 0 Å². The molecule has 1 heterocycles. The molecule has 0 aliphatic heterocycles. The van der Waals surface area contributed by atoms with Crippen LogP contribution < -0.4 is 5.43 Å². The van der Waals surface area contributed by atoms with Crippen molar-refractivity contribution in [2.75, 3.05) is 5.43 Å². The van der Waals surface area contributed by atoms with Crippen LogP contribution in [0, 0.1) is 0 Å². The van der Waals surface area contributed by atoms with Gasteiger partial charge in [0.05, 0.1) is 16.9 Å². The highest BCUT2D eigenvalue weighted by atomic mass is 35.5. The smallest absolute Gasteiger partial charge is 0.0738 e. The number of pyridine rings is 1. The summed E-state index contributed by atoms with van der Waals surface area (Å²) in [5, 5.41) is 7.20. The molecule has 0 radical (unpaired) electrons. The maximum Gasteiger partial charge on any atom is 0.0738 e. The van der Waals surface area contributed by atoms with Gasteiger partial charge in [0.1, 0.15) is 0 Å². The van der Waals surface area contributed by atoms with Crippen LogP contribution in [0.2, 0.25) is 15.1 Å². The predicted octanol–water partition coefficient (Wildman–Crippen LogP) is 6.03. The summed E-state index contributed by atoms with van der Waals surface area (Å²) in [6, 6.07) is 12.7. The van der Waals surface area contributed by atoms with Gasteiger partial charge in [0.2, 0.25) is 0 Å². The van der Waals surface area contributed by atoms with E-state index in [0.717, 1.165) is 27.9 Å². The topological polar surface area (TPSA) is 37.3 Å². The van der Waals surface area contributed by atoms with Crippen LogP contribution in [0.3, 0.4) is 0 Å². The molecule has 6 heteroatoms. The van der Waals surface area contributed by atoms with Gasteiger partial charge in [0, 0.05) is 32.2 Å². The lowest BCUT2D eigenvalue weighted by atomic mass is 10.1. The molecule has 116 valence electrons. The normalized spacial score (nSPS) is 11.7. The lowest BCUT2D eigenvalue weighted by Crippen LogP contribution is -2.01. The quantitative estimate of drug-likeness (QED) is 0.455. The van der Waals surface area contributed by atoms with Gasteiger partial charge in [-0.3, -0.25) is 10.4 Å². The Morgan fingerprint density at radius 3 is 2.57 bits per heavy atom. The fraction of sp³-hybridized carbons (Fsp3) is 0.0588. The molecule has 0 aliphatic rings. The Hall–Kier alpha value is -1.81. The van der Waals surface area contributed by atoms with Crippen molar-refractivity contribution in [1.82, 2.24) is 4.98 Å². The maximum absolute atomic E-state index is 6.19. The monoisotopic (exact) mass is 363 g/mol. The van der Waals surface area contributed by atoms with Gasteiger partial charge in [-0.2, -0.15) is 5.10 Å². The van der Waals surface area contributed by atoms with Gasteiger partial charge in [0.25, 0.3) is 0 Å². The first-order valence-corrected chi connectivity index (χ1v) is 7.98. The number of benzene rings is 2. The molecule has 23 heavy (non-hydrogen) atoms. The Morgan fingerprint density at radius 1 is 1.00 bits per heavy atom. The van der Waals surface area contributed by atoms with Crippen molar-refractivity contribution >= 4 is 57.1 Å². The first kappa shape index (κ1) is 16.1. The molecule has 0 aliphatic carbocycles. The molecule has 0 amide bonds. The molecule has 0 unspecified atom stereocenters. The average molecular weight is 365 g/mol. The highest BCUT2D eigenvalue weighted by molar-refractivity contribution is 6.36. The van der Waals surface area contributed by atoms with Crippen molar-refractivity contribution in [2.24, 2.45) is 5.10 Å². The van der Waals surface area contributed by atoms with Crippen molar-refractivity contribution in [2.45, 2.75) is 6.92 Å². The molecular weight excluding hydrogens is 353 g/mol. The van der Waals surface area contributed by atoms with E-state index >= 15 is 0 Å². The van der Waals surface area contributed by atoms with E-state index < -0.39 is 0 Å². The summed E-state index contributed by atoms with van der Waals surface area (Å²) in [5.41, 5.74) is 6.21. The second-order valence-electron chi connectivity index (χ2n) is 4.95. The van der Waals surface area contributed by atoms with E-state index in [1.54, 1.807) is 24.4 Å². The van der Waals surface area contributed by atoms with E-state index in [4.69, 9.17) is 34.8 Å². The number of anilines is 1. The third-order valence-corrected chi connectivity index (χ3v) is 4.17. The number of hydrogen-bond donors (Lipinski definition) is 1. The number of nitrogens with zero attached hydrogens (tertiary/aromatic N) is 2. The third kappa shape index (κ3) is 3.58. The number of aromatic nitrogens is 1. The van der Waals surface area contributed by atoms with Gasteiger partial charge in [0.15, 0.2) is 0 Å². The van der Waals surface area contributed by atoms with Crippen molar-refractivity contribution in [3.63, 3.8) is 0 Å². The van der Waals surface area contributed by atoms with Crippen molar-refractivity contribution < 1.29 is 0 Å². The number of fused-ring (bicyclic) bond motifs is 1. The number of hydrazone groups is 1. The Balaban J connectivity index is 1.95. The molecule has 3 nitrogen and oxygen atoms in total. The summed E-state index contributed by atoms with van der Waals surface area (Å²) in [5.74, 6) is 0. The van der Waals surface area contributed by atoms with Crippen LogP contribution >= 0.6 is 34.8 Å². The van der Waals surface area contributed by atoms with Gasteiger partial charge in [-0.05, 0) is 49.4 Å². The summed E-state index contributed by atoms with van der Waals surface area (Å²) in [6.45, 7) is 1.87. The molecule has 0 fully saturated rings. The van der Waals surface area contributed by atoms with Crippen molar-refractivity contribution in [3.05, 3.63) is 69.3 Å². The second kappa shape index (κ2) is 6.75. The lowest BCUT2D eigenvalue weighted by molar-refractivity contribution is 1.31. The largest absolute Gasteiger partial charge is 0.277 e. The molecule has 1 N–H and O–H groups in total. The minimum Gasteiger partial charge on any atom is -0.277 e. The fourth-order valence-electron chi connectivity index (χ4n) is 2.20. The SMILES string of the molecule is C/C(=N/Nc1ccnc2cc(Cl)ccc12)c1cc(Cl)ccc1Cl. The van der Waals surface area contributed by atoms with Crippen LogP contribution in [-0.2, 0) is 0 Å². The third-order valence-electron chi connectivity index (χ3n) is 3.37. The standard InChI is InChI=1S/C17H12Cl3N3/c1-10(14-8-11(18)3-5-15(14)20)22-23-16-6-7-21-17-9-12(19)2-4-13(16)17/h2-9H,1H3,(H,21,23)/b22-10-. The molecule has 0 bridgehead atoms. The summed E-state index contributed by atoms with van der Waals surface area (Å²) in [6.07, 6.45) is 1.71. The zero-order chi connectivity index (χ0) is 16.4. The first-order chi connectivity index (χ1) is 11.0. The molecule has 1 aromatic heterocycles. The van der Waals surface area contributed by atoms with Crippen LogP contribution in [0.1, 0.15) is 12.5 Å². The Labute approximate surface area is 148 Å². The van der Waals surface area contributed by atoms with Crippen LogP contribution in [0.5, 0.6) is 0 Å². The molecule has 3 aromatic rings. The van der Waals surface area contributed by atoms with Gasteiger partial charge in [-0.1, -0.05) is 34.8 Å². The molecule has 0 spiro atoms. The highest BCUT2D eigenvalue weighted by Gasteiger charge is 2.06. The number of nitrogens with one attached hydrogen (secondary N) is 1. The van der Waals surface area contributed by atoms with Gasteiger partial charge in [-0.25, -0.2) is 0 Å². The fourth-order valence-corrected chi connectivity index (χ4v) is 2.79. The highest BCUT2D eigenvalue weighted by Crippen LogP contribution is 2.25. The first-order valence-electron chi connectivity index (χ1n) is 6.84. The minimum absolute atomic E-state index is 0.601. The molecule has 0 saturated heterocycles. The average Bonchev–Trinajstić information content (AvgIpc) is 2.54. The molecule has 2 aromatic carbocycles. The summed E-state index contributed by atoms with van der Waals surface area (Å²) < 4.78 is 0. The van der Waals surface area contributed by atoms with Gasteiger partial charge < -0.3 is 0 Å². The van der Waals surface area contributed by atoms with Crippen LogP contribution in [0.4, 0.5) is 5.69 Å². The van der Waals surface area contributed by atoms with E-state index in [9.17, 15) is 0 Å². The van der Waals surface area contributed by atoms with E-state index in [-0.39, 0.29) is 0 Å². The molecular formula is C17H12Cl3N3. The zero-order valence-electron chi connectivity index (χ0n) is 12.1. The molecule has 0 saturated carbocycles. The number of hydrogen-bond acceptors (Lipinski definition) is 3. The van der Waals surface area contributed by atoms with Crippen LogP contribution in [-0.4, -0.2) is 10.7 Å². The molecule has 3 rings (SSSR count). The van der Waals surface area contributed by atoms with E-state index in [1.165, 1.54) is 0 Å². The summed E-state index contributed by atoms with van der Waals surface area (Å²) in [7, 11) is 0. The van der Waals surface area contributed by atoms with E-state index in [1.807, 2.05) is 31.2 Å². The Morgan fingerprint density at radius 2 is 1.74 bits per heavy atom. The number of halogens is 3. The lowest BCUT2D eigenvalue weighted by Gasteiger charge is -2.08. The minimum atomic E-state index is 0.601. The zero-order valence-corrected chi connectivity index (χ0v) is 14.4. The number of rotatable bonds is 3. The van der Waals surface area contributed by atoms with Crippen molar-refractivity contribution in [3.8, 4) is 0 Å². The Kier molecular flexibility index (Phi) is 4.71. The maximum atomic E-state index is 6.19. The second-order valence-corrected chi connectivity index (χ2v) is 6.23. The molecule has 0 atom stereocenters. The predicted molar refractivity (Wildman–Crippen MR) is 99.0 cm³/mol. The van der Waals surface area contributed by atoms with E-state index in [2.05, 4.69) is 15.5 Å².